The highest BCUT2D eigenvalue weighted by Crippen LogP contribution is 2.35. The van der Waals surface area contributed by atoms with E-state index in [0.29, 0.717) is 5.02 Å². The molecule has 3 rings (SSSR count). The lowest BCUT2D eigenvalue weighted by Crippen LogP contribution is -2.15. The molecule has 2 nitrogen and oxygen atoms in total. The number of hydrogen-bond donors (Lipinski definition) is 1. The van der Waals surface area contributed by atoms with Gasteiger partial charge in [-0.3, -0.25) is 4.90 Å². The summed E-state index contributed by atoms with van der Waals surface area (Å²) in [7, 11) is 0. The Labute approximate surface area is 118 Å². The molecule has 0 unspecified atom stereocenters. The lowest BCUT2D eigenvalue weighted by Gasteiger charge is -2.14. The van der Waals surface area contributed by atoms with Crippen molar-refractivity contribution in [2.75, 3.05) is 5.73 Å². The number of nitrogen functional groups attached to an aromatic ring is 1. The second-order valence-corrected chi connectivity index (χ2v) is 5.58. The molecule has 0 amide bonds. The summed E-state index contributed by atoms with van der Waals surface area (Å²) in [5, 5.41) is 0.679. The molecule has 0 aliphatic carbocycles. The van der Waals surface area contributed by atoms with Crippen molar-refractivity contribution in [1.82, 2.24) is 4.90 Å². The number of nitrogens with zero attached hydrogens (tertiary/aromatic N) is 1. The Kier molecular flexibility index (Phi) is 3.21. The summed E-state index contributed by atoms with van der Waals surface area (Å²) in [4.78, 5) is 2.40. The highest BCUT2D eigenvalue weighted by Gasteiger charge is 2.24. The van der Waals surface area contributed by atoms with Gasteiger partial charge < -0.3 is 5.73 Å². The molecule has 2 aromatic carbocycles. The van der Waals surface area contributed by atoms with Crippen LogP contribution in [0.3, 0.4) is 0 Å². The minimum Gasteiger partial charge on any atom is -0.397 e. The van der Waals surface area contributed by atoms with Crippen LogP contribution in [0.2, 0.25) is 5.02 Å². The van der Waals surface area contributed by atoms with Crippen LogP contribution in [0.25, 0.3) is 0 Å². The summed E-state index contributed by atoms with van der Waals surface area (Å²) in [5.41, 5.74) is 12.0. The van der Waals surface area contributed by atoms with Gasteiger partial charge >= 0.3 is 0 Å². The fourth-order valence-corrected chi connectivity index (χ4v) is 3.03. The average molecular weight is 273 g/mol. The van der Waals surface area contributed by atoms with E-state index in [4.69, 9.17) is 17.3 Å². The number of halogens is 1. The maximum atomic E-state index is 6.16. The number of benzene rings is 2. The zero-order chi connectivity index (χ0) is 13.4. The highest BCUT2D eigenvalue weighted by molar-refractivity contribution is 6.33. The van der Waals surface area contributed by atoms with Crippen molar-refractivity contribution in [3.05, 3.63) is 63.7 Å². The van der Waals surface area contributed by atoms with Crippen LogP contribution in [-0.4, -0.2) is 4.90 Å². The fraction of sp³-hybridized carbons (Fsp3) is 0.250. The number of fused-ring (bicyclic) bond motifs is 1. The standard InChI is InChI=1S/C16H17ClN2/c1-11-7-15(17)16(18)14-10-19(9-13(11)14)8-12-5-3-2-4-6-12/h2-7H,8-10,18H2,1H3. The maximum absolute atomic E-state index is 6.16. The van der Waals surface area contributed by atoms with E-state index >= 15 is 0 Å². The Hall–Kier alpha value is -1.51. The first-order chi connectivity index (χ1) is 9.15. The van der Waals surface area contributed by atoms with Crippen LogP contribution in [0.5, 0.6) is 0 Å². The van der Waals surface area contributed by atoms with Gasteiger partial charge in [0.25, 0.3) is 0 Å². The summed E-state index contributed by atoms with van der Waals surface area (Å²) >= 11 is 6.16. The Bertz CT molecular complexity index is 608. The molecule has 19 heavy (non-hydrogen) atoms. The molecule has 2 aromatic rings. The van der Waals surface area contributed by atoms with Gasteiger partial charge in [0.1, 0.15) is 0 Å². The smallest absolute Gasteiger partial charge is 0.0641 e. The lowest BCUT2D eigenvalue weighted by molar-refractivity contribution is 0.275. The predicted octanol–water partition coefficient (Wildman–Crippen LogP) is 3.75. The molecule has 1 aliphatic heterocycles. The van der Waals surface area contributed by atoms with Crippen molar-refractivity contribution in [1.29, 1.82) is 0 Å². The van der Waals surface area contributed by atoms with Crippen LogP contribution in [0.1, 0.15) is 22.3 Å². The van der Waals surface area contributed by atoms with E-state index in [1.807, 2.05) is 12.1 Å². The van der Waals surface area contributed by atoms with Crippen molar-refractivity contribution in [2.45, 2.75) is 26.6 Å². The van der Waals surface area contributed by atoms with E-state index in [2.05, 4.69) is 36.1 Å². The SMILES string of the molecule is Cc1cc(Cl)c(N)c2c1CN(Cc1ccccc1)C2. The maximum Gasteiger partial charge on any atom is 0.0641 e. The van der Waals surface area contributed by atoms with Crippen molar-refractivity contribution in [2.24, 2.45) is 0 Å². The summed E-state index contributed by atoms with van der Waals surface area (Å²) in [6.45, 7) is 4.90. The number of aryl methyl sites for hydroxylation is 1. The topological polar surface area (TPSA) is 29.3 Å². The Morgan fingerprint density at radius 2 is 1.84 bits per heavy atom. The second kappa shape index (κ2) is 4.87. The van der Waals surface area contributed by atoms with E-state index in [1.165, 1.54) is 22.3 Å². The molecular weight excluding hydrogens is 256 g/mol. The Morgan fingerprint density at radius 1 is 1.16 bits per heavy atom. The van der Waals surface area contributed by atoms with E-state index in [9.17, 15) is 0 Å². The zero-order valence-electron chi connectivity index (χ0n) is 11.0. The summed E-state index contributed by atoms with van der Waals surface area (Å²) < 4.78 is 0. The third kappa shape index (κ3) is 2.34. The first-order valence-corrected chi connectivity index (χ1v) is 6.85. The molecule has 2 N–H and O–H groups in total. The van der Waals surface area contributed by atoms with Crippen LogP contribution >= 0.6 is 11.6 Å². The van der Waals surface area contributed by atoms with Crippen LogP contribution in [0.15, 0.2) is 36.4 Å². The van der Waals surface area contributed by atoms with Gasteiger partial charge in [0.15, 0.2) is 0 Å². The van der Waals surface area contributed by atoms with Gasteiger partial charge in [-0.15, -0.1) is 0 Å². The zero-order valence-corrected chi connectivity index (χ0v) is 11.7. The molecule has 0 saturated heterocycles. The Balaban J connectivity index is 1.85. The molecule has 3 heteroatoms. The van der Waals surface area contributed by atoms with Crippen LogP contribution in [-0.2, 0) is 19.6 Å². The molecule has 0 atom stereocenters. The van der Waals surface area contributed by atoms with Crippen molar-refractivity contribution in [3.8, 4) is 0 Å². The molecule has 98 valence electrons. The van der Waals surface area contributed by atoms with Gasteiger partial charge in [-0.25, -0.2) is 0 Å². The number of nitrogens with two attached hydrogens (primary N) is 1. The second-order valence-electron chi connectivity index (χ2n) is 5.18. The van der Waals surface area contributed by atoms with Gasteiger partial charge in [0.05, 0.1) is 10.7 Å². The van der Waals surface area contributed by atoms with Gasteiger partial charge in [0, 0.05) is 19.6 Å². The van der Waals surface area contributed by atoms with E-state index in [0.717, 1.165) is 25.3 Å². The van der Waals surface area contributed by atoms with Gasteiger partial charge in [-0.05, 0) is 35.2 Å². The minimum atomic E-state index is 0.679. The summed E-state index contributed by atoms with van der Waals surface area (Å²) in [6.07, 6.45) is 0. The predicted molar refractivity (Wildman–Crippen MR) is 80.0 cm³/mol. The van der Waals surface area contributed by atoms with E-state index in [-0.39, 0.29) is 0 Å². The van der Waals surface area contributed by atoms with Gasteiger partial charge in [0.2, 0.25) is 0 Å². The van der Waals surface area contributed by atoms with Gasteiger partial charge in [-0.2, -0.15) is 0 Å². The molecule has 0 fully saturated rings. The molecule has 0 aromatic heterocycles. The van der Waals surface area contributed by atoms with Crippen LogP contribution in [0.4, 0.5) is 5.69 Å². The van der Waals surface area contributed by atoms with Crippen LogP contribution < -0.4 is 5.73 Å². The largest absolute Gasteiger partial charge is 0.397 e. The monoisotopic (exact) mass is 272 g/mol. The molecule has 0 spiro atoms. The average Bonchev–Trinajstić information content (AvgIpc) is 2.82. The highest BCUT2D eigenvalue weighted by atomic mass is 35.5. The van der Waals surface area contributed by atoms with E-state index in [1.54, 1.807) is 0 Å². The Morgan fingerprint density at radius 3 is 2.58 bits per heavy atom. The van der Waals surface area contributed by atoms with Crippen LogP contribution in [0, 0.1) is 6.92 Å². The van der Waals surface area contributed by atoms with Crippen molar-refractivity contribution < 1.29 is 0 Å². The fourth-order valence-electron chi connectivity index (χ4n) is 2.76. The van der Waals surface area contributed by atoms with Gasteiger partial charge in [-0.1, -0.05) is 41.9 Å². The number of anilines is 1. The molecule has 1 aliphatic rings. The number of rotatable bonds is 2. The normalized spacial score (nSPS) is 14.6. The minimum absolute atomic E-state index is 0.679. The summed E-state index contributed by atoms with van der Waals surface area (Å²) in [6, 6.07) is 12.5. The quantitative estimate of drug-likeness (QED) is 0.844. The molecule has 0 saturated carbocycles. The third-order valence-corrected chi connectivity index (χ3v) is 4.09. The lowest BCUT2D eigenvalue weighted by atomic mass is 10.0. The molecule has 0 bridgehead atoms. The van der Waals surface area contributed by atoms with Crippen molar-refractivity contribution >= 4 is 17.3 Å². The third-order valence-electron chi connectivity index (χ3n) is 3.78. The molecule has 1 heterocycles. The molecular formula is C16H17ClN2. The van der Waals surface area contributed by atoms with E-state index < -0.39 is 0 Å². The molecule has 0 radical (unpaired) electrons. The summed E-state index contributed by atoms with van der Waals surface area (Å²) in [5.74, 6) is 0. The first kappa shape index (κ1) is 12.5. The number of hydrogen-bond acceptors (Lipinski definition) is 2. The first-order valence-electron chi connectivity index (χ1n) is 6.48. The van der Waals surface area contributed by atoms with Crippen molar-refractivity contribution in [3.63, 3.8) is 0 Å².